The fourth-order valence-corrected chi connectivity index (χ4v) is 8.64. The SMILES string of the molecule is C=C1[C@H]2CC(=O)[C@@]3(CC[C@@H]4[C@]5(C)CCC[C@]4(CN(CCO)C5)[C@@H]3C2)[C@H]1O. The monoisotopic (exact) mass is 359 g/mol. The Balaban J connectivity index is 1.63. The van der Waals surface area contributed by atoms with E-state index in [9.17, 15) is 15.0 Å². The Hall–Kier alpha value is -0.710. The van der Waals surface area contributed by atoms with Gasteiger partial charge in [0.25, 0.3) is 0 Å². The number of β-amino-alcohol motifs (C(OH)–C–C–N with tert-alkyl or cyclic N) is 1. The van der Waals surface area contributed by atoms with Crippen molar-refractivity contribution in [3.63, 3.8) is 0 Å². The summed E-state index contributed by atoms with van der Waals surface area (Å²) in [5.74, 6) is 1.44. The van der Waals surface area contributed by atoms with Gasteiger partial charge in [-0.2, -0.15) is 0 Å². The number of rotatable bonds is 2. The van der Waals surface area contributed by atoms with E-state index in [2.05, 4.69) is 18.4 Å². The van der Waals surface area contributed by atoms with Crippen molar-refractivity contribution in [1.29, 1.82) is 0 Å². The molecule has 7 atom stereocenters. The van der Waals surface area contributed by atoms with E-state index in [1.165, 1.54) is 19.3 Å². The number of carbonyl (C=O) groups is 1. The Morgan fingerprint density at radius 3 is 2.81 bits per heavy atom. The van der Waals surface area contributed by atoms with Crippen LogP contribution in [0, 0.1) is 34.0 Å². The van der Waals surface area contributed by atoms with E-state index in [0.29, 0.717) is 24.0 Å². The van der Waals surface area contributed by atoms with Gasteiger partial charge in [-0.15, -0.1) is 0 Å². The molecule has 1 spiro atoms. The van der Waals surface area contributed by atoms with Crippen LogP contribution in [-0.2, 0) is 4.79 Å². The van der Waals surface area contributed by atoms with Crippen LogP contribution in [0.25, 0.3) is 0 Å². The maximum absolute atomic E-state index is 13.2. The molecule has 0 amide bonds. The van der Waals surface area contributed by atoms with Crippen LogP contribution in [0.4, 0.5) is 0 Å². The molecule has 4 nitrogen and oxygen atoms in total. The van der Waals surface area contributed by atoms with E-state index in [1.807, 2.05) is 0 Å². The first-order valence-electron chi connectivity index (χ1n) is 10.6. The van der Waals surface area contributed by atoms with Gasteiger partial charge in [0.15, 0.2) is 0 Å². The van der Waals surface area contributed by atoms with E-state index in [1.54, 1.807) is 0 Å². The van der Waals surface area contributed by atoms with Crippen LogP contribution in [0.5, 0.6) is 0 Å². The molecule has 5 saturated carbocycles. The summed E-state index contributed by atoms with van der Waals surface area (Å²) in [5.41, 5.74) is 0.782. The Kier molecular flexibility index (Phi) is 3.63. The second kappa shape index (κ2) is 5.42. The minimum Gasteiger partial charge on any atom is -0.395 e. The second-order valence-corrected chi connectivity index (χ2v) is 10.4. The molecule has 0 aromatic carbocycles. The Labute approximate surface area is 156 Å². The minimum atomic E-state index is -0.635. The van der Waals surface area contributed by atoms with Gasteiger partial charge in [0.05, 0.1) is 18.1 Å². The lowest BCUT2D eigenvalue weighted by atomic mass is 9.34. The van der Waals surface area contributed by atoms with Crippen LogP contribution < -0.4 is 0 Å². The van der Waals surface area contributed by atoms with E-state index < -0.39 is 11.5 Å². The molecule has 4 heteroatoms. The fourth-order valence-electron chi connectivity index (χ4n) is 8.64. The van der Waals surface area contributed by atoms with Crippen LogP contribution in [0.3, 0.4) is 0 Å². The van der Waals surface area contributed by atoms with Crippen molar-refractivity contribution in [1.82, 2.24) is 4.90 Å². The number of aliphatic hydroxyl groups is 2. The maximum Gasteiger partial charge on any atom is 0.142 e. The van der Waals surface area contributed by atoms with Crippen LogP contribution in [-0.4, -0.2) is 53.2 Å². The highest BCUT2D eigenvalue weighted by Gasteiger charge is 2.72. The third kappa shape index (κ3) is 1.89. The van der Waals surface area contributed by atoms with Gasteiger partial charge >= 0.3 is 0 Å². The van der Waals surface area contributed by atoms with Crippen LogP contribution in [0.1, 0.15) is 51.9 Å². The number of carbonyl (C=O) groups excluding carboxylic acids is 1. The fraction of sp³-hybridized carbons (Fsp3) is 0.864. The number of ketones is 1. The zero-order valence-corrected chi connectivity index (χ0v) is 16.0. The first-order valence-corrected chi connectivity index (χ1v) is 10.6. The summed E-state index contributed by atoms with van der Waals surface area (Å²) in [5, 5.41) is 20.7. The van der Waals surface area contributed by atoms with Crippen LogP contribution in [0.15, 0.2) is 12.2 Å². The van der Waals surface area contributed by atoms with Gasteiger partial charge in [-0.05, 0) is 66.3 Å². The third-order valence-electron chi connectivity index (χ3n) is 9.44. The third-order valence-corrected chi connectivity index (χ3v) is 9.44. The van der Waals surface area contributed by atoms with Gasteiger partial charge in [0.1, 0.15) is 5.78 Å². The van der Waals surface area contributed by atoms with E-state index >= 15 is 0 Å². The van der Waals surface area contributed by atoms with Crippen molar-refractivity contribution in [3.8, 4) is 0 Å². The number of fused-ring (bicyclic) bond motifs is 2. The van der Waals surface area contributed by atoms with Gasteiger partial charge in [0.2, 0.25) is 0 Å². The van der Waals surface area contributed by atoms with E-state index in [4.69, 9.17) is 0 Å². The Morgan fingerprint density at radius 2 is 2.04 bits per heavy atom. The molecule has 144 valence electrons. The number of piperidine rings is 1. The summed E-state index contributed by atoms with van der Waals surface area (Å²) in [6.07, 6.45) is 6.61. The Bertz CT molecular complexity index is 662. The summed E-state index contributed by atoms with van der Waals surface area (Å²) in [6, 6.07) is 0. The maximum atomic E-state index is 13.2. The Morgan fingerprint density at radius 1 is 1.23 bits per heavy atom. The number of hydrogen-bond donors (Lipinski definition) is 2. The molecule has 5 aliphatic carbocycles. The average molecular weight is 360 g/mol. The van der Waals surface area contributed by atoms with Crippen molar-refractivity contribution < 1.29 is 15.0 Å². The van der Waals surface area contributed by atoms with Crippen molar-refractivity contribution in [2.24, 2.45) is 34.0 Å². The molecule has 26 heavy (non-hydrogen) atoms. The topological polar surface area (TPSA) is 60.8 Å². The number of aliphatic hydroxyl groups excluding tert-OH is 2. The van der Waals surface area contributed by atoms with E-state index in [0.717, 1.165) is 44.5 Å². The largest absolute Gasteiger partial charge is 0.395 e. The predicted molar refractivity (Wildman–Crippen MR) is 99.4 cm³/mol. The lowest BCUT2D eigenvalue weighted by Gasteiger charge is -2.72. The molecule has 0 unspecified atom stereocenters. The van der Waals surface area contributed by atoms with E-state index in [-0.39, 0.29) is 23.4 Å². The van der Waals surface area contributed by atoms with Crippen LogP contribution in [0.2, 0.25) is 0 Å². The zero-order valence-electron chi connectivity index (χ0n) is 16.0. The number of Topliss-reactive ketones (excluding diaryl/α,β-unsaturated/α-hetero) is 1. The summed E-state index contributed by atoms with van der Waals surface area (Å²) < 4.78 is 0. The van der Waals surface area contributed by atoms with Gasteiger partial charge < -0.3 is 10.2 Å². The molecule has 1 saturated heterocycles. The first kappa shape index (κ1) is 17.4. The molecule has 0 aromatic rings. The lowest BCUT2D eigenvalue weighted by Crippen LogP contribution is -2.73. The molecule has 1 aliphatic heterocycles. The number of nitrogens with zero attached hydrogens (tertiary/aromatic N) is 1. The zero-order chi connectivity index (χ0) is 18.3. The van der Waals surface area contributed by atoms with Gasteiger partial charge in [-0.25, -0.2) is 0 Å². The molecule has 0 aromatic heterocycles. The highest BCUT2D eigenvalue weighted by Crippen LogP contribution is 2.72. The second-order valence-electron chi connectivity index (χ2n) is 10.4. The highest BCUT2D eigenvalue weighted by atomic mass is 16.3. The van der Waals surface area contributed by atoms with Gasteiger partial charge in [-0.3, -0.25) is 9.69 Å². The quantitative estimate of drug-likeness (QED) is 0.743. The molecule has 6 fully saturated rings. The van der Waals surface area contributed by atoms with Gasteiger partial charge in [-0.1, -0.05) is 19.9 Å². The molecule has 6 aliphatic rings. The molecule has 2 N–H and O–H groups in total. The minimum absolute atomic E-state index is 0.134. The summed E-state index contributed by atoms with van der Waals surface area (Å²) in [6.45, 7) is 9.65. The molecular formula is C22H33NO3. The van der Waals surface area contributed by atoms with Crippen molar-refractivity contribution in [3.05, 3.63) is 12.2 Å². The smallest absolute Gasteiger partial charge is 0.142 e. The lowest BCUT2D eigenvalue weighted by molar-refractivity contribution is -0.232. The van der Waals surface area contributed by atoms with Crippen molar-refractivity contribution in [2.45, 2.75) is 58.0 Å². The predicted octanol–water partition coefficient (Wildman–Crippen LogP) is 2.39. The number of hydrogen-bond acceptors (Lipinski definition) is 4. The normalized spacial score (nSPS) is 53.3. The molecule has 6 rings (SSSR count). The summed E-state index contributed by atoms with van der Waals surface area (Å²) in [7, 11) is 0. The molecular weight excluding hydrogens is 326 g/mol. The average Bonchev–Trinajstić information content (AvgIpc) is 2.58. The summed E-state index contributed by atoms with van der Waals surface area (Å²) >= 11 is 0. The molecule has 0 radical (unpaired) electrons. The number of likely N-dealkylation sites (tertiary alicyclic amines) is 1. The summed E-state index contributed by atoms with van der Waals surface area (Å²) in [4.78, 5) is 15.7. The van der Waals surface area contributed by atoms with Crippen molar-refractivity contribution in [2.75, 3.05) is 26.2 Å². The van der Waals surface area contributed by atoms with Crippen LogP contribution >= 0.6 is 0 Å². The van der Waals surface area contributed by atoms with Gasteiger partial charge in [0, 0.05) is 26.1 Å². The standard InChI is InChI=1S/C22H33NO3/c1-14-15-10-17-21-6-3-5-20(2,12-23(13-21)8-9-24)16(21)4-7-22(17,19(14)26)18(25)11-15/h15-17,19,24,26H,1,3-13H2,2H3/t15-,16-,17+,19+,20-,21-,22+/m1/s1. The first-order chi connectivity index (χ1) is 12.4. The molecule has 1 heterocycles. The highest BCUT2D eigenvalue weighted by molar-refractivity contribution is 5.89. The molecule has 4 bridgehead atoms. The van der Waals surface area contributed by atoms with Crippen molar-refractivity contribution >= 4 is 5.78 Å².